The maximum atomic E-state index is 12.7. The summed E-state index contributed by atoms with van der Waals surface area (Å²) in [6.07, 6.45) is 4.97. The minimum Gasteiger partial charge on any atom is -0.365 e. The Morgan fingerprint density at radius 2 is 1.67 bits per heavy atom. The zero-order chi connectivity index (χ0) is 19.0. The van der Waals surface area contributed by atoms with Crippen LogP contribution in [0.25, 0.3) is 27.7 Å². The molecule has 0 radical (unpaired) electrons. The van der Waals surface area contributed by atoms with Crippen molar-refractivity contribution in [2.24, 2.45) is 5.73 Å². The smallest absolute Gasteiger partial charge is 0.254 e. The van der Waals surface area contributed by atoms with E-state index in [4.69, 9.17) is 5.73 Å². The molecular weight excluding hydrogens is 338 g/mol. The van der Waals surface area contributed by atoms with E-state index in [0.717, 1.165) is 22.4 Å². The third kappa shape index (κ3) is 3.00. The first kappa shape index (κ1) is 16.7. The number of carbonyl (C=O) groups is 1. The minimum absolute atomic E-state index is 0.0280. The summed E-state index contributed by atoms with van der Waals surface area (Å²) in [4.78, 5) is 28.6. The molecule has 27 heavy (non-hydrogen) atoms. The minimum atomic E-state index is -0.735. The van der Waals surface area contributed by atoms with Gasteiger partial charge in [-0.25, -0.2) is 0 Å². The summed E-state index contributed by atoms with van der Waals surface area (Å²) in [5.41, 5.74) is 9.68. The number of aromatic nitrogens is 2. The first-order valence-electron chi connectivity index (χ1n) is 8.51. The molecule has 0 saturated carbocycles. The van der Waals surface area contributed by atoms with Crippen molar-refractivity contribution in [3.8, 4) is 16.8 Å². The van der Waals surface area contributed by atoms with Crippen LogP contribution in [0.2, 0.25) is 0 Å². The van der Waals surface area contributed by atoms with Gasteiger partial charge in [-0.2, -0.15) is 0 Å². The number of hydrogen-bond acceptors (Lipinski definition) is 3. The second kappa shape index (κ2) is 6.53. The molecule has 2 heterocycles. The molecule has 4 aromatic rings. The molecule has 5 heteroatoms. The highest BCUT2D eigenvalue weighted by Crippen LogP contribution is 2.25. The summed E-state index contributed by atoms with van der Waals surface area (Å²) in [6, 6.07) is 17.2. The summed E-state index contributed by atoms with van der Waals surface area (Å²) >= 11 is 0. The van der Waals surface area contributed by atoms with Gasteiger partial charge in [-0.05, 0) is 54.4 Å². The number of benzene rings is 2. The van der Waals surface area contributed by atoms with E-state index in [1.165, 1.54) is 6.20 Å². The first-order chi connectivity index (χ1) is 13.0. The van der Waals surface area contributed by atoms with E-state index in [-0.39, 0.29) is 11.0 Å². The van der Waals surface area contributed by atoms with Crippen LogP contribution >= 0.6 is 0 Å². The molecule has 0 atom stereocenters. The van der Waals surface area contributed by atoms with E-state index in [1.807, 2.05) is 60.0 Å². The topological polar surface area (TPSA) is 78.0 Å². The summed E-state index contributed by atoms with van der Waals surface area (Å²) in [6.45, 7) is 2.00. The third-order valence-electron chi connectivity index (χ3n) is 4.60. The van der Waals surface area contributed by atoms with Crippen molar-refractivity contribution in [2.75, 3.05) is 0 Å². The third-order valence-corrected chi connectivity index (χ3v) is 4.60. The molecule has 0 saturated heterocycles. The molecule has 2 aromatic carbocycles. The fraction of sp³-hybridized carbons (Fsp3) is 0.0455. The summed E-state index contributed by atoms with van der Waals surface area (Å²) in [7, 11) is 0. The fourth-order valence-corrected chi connectivity index (χ4v) is 3.14. The van der Waals surface area contributed by atoms with Crippen molar-refractivity contribution >= 4 is 16.8 Å². The molecule has 0 spiro atoms. The van der Waals surface area contributed by atoms with Crippen molar-refractivity contribution in [3.63, 3.8) is 0 Å². The van der Waals surface area contributed by atoms with Gasteiger partial charge in [0.15, 0.2) is 0 Å². The average molecular weight is 355 g/mol. The van der Waals surface area contributed by atoms with Crippen LogP contribution < -0.4 is 11.2 Å². The lowest BCUT2D eigenvalue weighted by Crippen LogP contribution is -2.23. The van der Waals surface area contributed by atoms with E-state index in [1.54, 1.807) is 18.5 Å². The zero-order valence-electron chi connectivity index (χ0n) is 14.7. The average Bonchev–Trinajstić information content (AvgIpc) is 2.69. The Labute approximate surface area is 155 Å². The van der Waals surface area contributed by atoms with Gasteiger partial charge in [0.1, 0.15) is 5.56 Å². The van der Waals surface area contributed by atoms with Crippen molar-refractivity contribution in [3.05, 3.63) is 94.5 Å². The Balaban J connectivity index is 2.06. The van der Waals surface area contributed by atoms with Gasteiger partial charge in [0.05, 0.1) is 5.52 Å². The van der Waals surface area contributed by atoms with Gasteiger partial charge < -0.3 is 10.3 Å². The highest BCUT2D eigenvalue weighted by atomic mass is 16.2. The maximum Gasteiger partial charge on any atom is 0.254 e. The number of nitrogens with two attached hydrogens (primary N) is 1. The predicted molar refractivity (Wildman–Crippen MR) is 106 cm³/mol. The molecule has 132 valence electrons. The number of fused-ring (bicyclic) bond motifs is 1. The molecular formula is C22H17N3O2. The molecule has 0 aliphatic rings. The fourth-order valence-electron chi connectivity index (χ4n) is 3.14. The number of hydrogen-bond donors (Lipinski definition) is 1. The second-order valence-electron chi connectivity index (χ2n) is 6.41. The SMILES string of the molecule is Cc1ccc(-n2cc(C(N)=O)c(=O)c3ccc(-c4ccncc4)cc32)cc1. The zero-order valence-corrected chi connectivity index (χ0v) is 14.7. The van der Waals surface area contributed by atoms with Crippen molar-refractivity contribution in [1.82, 2.24) is 9.55 Å². The van der Waals surface area contributed by atoms with Crippen molar-refractivity contribution in [2.45, 2.75) is 6.92 Å². The number of rotatable bonds is 3. The van der Waals surface area contributed by atoms with Crippen LogP contribution in [-0.4, -0.2) is 15.5 Å². The number of amides is 1. The Hall–Kier alpha value is -3.73. The largest absolute Gasteiger partial charge is 0.365 e. The maximum absolute atomic E-state index is 12.7. The number of pyridine rings is 2. The van der Waals surface area contributed by atoms with Gasteiger partial charge in [0, 0.05) is 29.7 Å². The lowest BCUT2D eigenvalue weighted by atomic mass is 10.0. The quantitative estimate of drug-likeness (QED) is 0.611. The standard InChI is InChI=1S/C22H17N3O2/c1-14-2-5-17(6-3-14)25-13-19(22(23)27)21(26)18-7-4-16(12-20(18)25)15-8-10-24-11-9-15/h2-13H,1H3,(H2,23,27). The lowest BCUT2D eigenvalue weighted by molar-refractivity contribution is 0.0999. The second-order valence-corrected chi connectivity index (χ2v) is 6.41. The highest BCUT2D eigenvalue weighted by Gasteiger charge is 2.15. The summed E-state index contributed by atoms with van der Waals surface area (Å²) < 4.78 is 1.83. The molecule has 2 aromatic heterocycles. The van der Waals surface area contributed by atoms with E-state index in [9.17, 15) is 9.59 Å². The van der Waals surface area contributed by atoms with Crippen molar-refractivity contribution < 1.29 is 4.79 Å². The first-order valence-corrected chi connectivity index (χ1v) is 8.51. The number of carbonyl (C=O) groups excluding carboxylic acids is 1. The van der Waals surface area contributed by atoms with Crippen LogP contribution in [0.15, 0.2) is 78.0 Å². The van der Waals surface area contributed by atoms with E-state index in [0.29, 0.717) is 10.9 Å². The van der Waals surface area contributed by atoms with Crippen LogP contribution in [0.4, 0.5) is 0 Å². The van der Waals surface area contributed by atoms with Crippen LogP contribution in [0.3, 0.4) is 0 Å². The van der Waals surface area contributed by atoms with Crippen LogP contribution in [0.5, 0.6) is 0 Å². The Kier molecular flexibility index (Phi) is 4.05. The lowest BCUT2D eigenvalue weighted by Gasteiger charge is -2.14. The van der Waals surface area contributed by atoms with E-state index < -0.39 is 5.91 Å². The molecule has 0 bridgehead atoms. The molecule has 0 aliphatic carbocycles. The normalized spacial score (nSPS) is 10.9. The molecule has 2 N–H and O–H groups in total. The molecule has 5 nitrogen and oxygen atoms in total. The van der Waals surface area contributed by atoms with E-state index in [2.05, 4.69) is 4.98 Å². The van der Waals surface area contributed by atoms with Gasteiger partial charge in [-0.3, -0.25) is 14.6 Å². The Bertz CT molecular complexity index is 1210. The van der Waals surface area contributed by atoms with Crippen molar-refractivity contribution in [1.29, 1.82) is 0 Å². The van der Waals surface area contributed by atoms with Gasteiger partial charge in [0.25, 0.3) is 5.91 Å². The summed E-state index contributed by atoms with van der Waals surface area (Å²) in [5.74, 6) is -0.735. The Morgan fingerprint density at radius 1 is 0.963 bits per heavy atom. The van der Waals surface area contributed by atoms with Gasteiger partial charge in [-0.1, -0.05) is 23.8 Å². The van der Waals surface area contributed by atoms with Gasteiger partial charge in [-0.15, -0.1) is 0 Å². The summed E-state index contributed by atoms with van der Waals surface area (Å²) in [5, 5.41) is 0.449. The van der Waals surface area contributed by atoms with Crippen LogP contribution in [0, 0.1) is 6.92 Å². The molecule has 0 unspecified atom stereocenters. The predicted octanol–water partition coefficient (Wildman–Crippen LogP) is 3.46. The number of nitrogens with zero attached hydrogens (tertiary/aromatic N) is 2. The molecule has 1 amide bonds. The van der Waals surface area contributed by atoms with Gasteiger partial charge >= 0.3 is 0 Å². The number of primary amides is 1. The van der Waals surface area contributed by atoms with Crippen LogP contribution in [0.1, 0.15) is 15.9 Å². The monoisotopic (exact) mass is 355 g/mol. The van der Waals surface area contributed by atoms with Crippen LogP contribution in [-0.2, 0) is 0 Å². The van der Waals surface area contributed by atoms with Gasteiger partial charge in [0.2, 0.25) is 5.43 Å². The number of aryl methyl sites for hydroxylation is 1. The highest BCUT2D eigenvalue weighted by molar-refractivity contribution is 5.97. The molecule has 0 fully saturated rings. The molecule has 4 rings (SSSR count). The van der Waals surface area contributed by atoms with E-state index >= 15 is 0 Å². The molecule has 0 aliphatic heterocycles. The Morgan fingerprint density at radius 3 is 2.33 bits per heavy atom.